The molecule has 1 aliphatic heterocycles. The molecule has 1 nitrogen and oxygen atoms in total. The van der Waals surface area contributed by atoms with Gasteiger partial charge in [-0.25, -0.2) is 4.39 Å². The number of unbranched alkanes of at least 4 members (excludes halogenated alkanes) is 1. The lowest BCUT2D eigenvalue weighted by molar-refractivity contribution is 0.200. The molecule has 1 heterocycles. The second-order valence-electron chi connectivity index (χ2n) is 6.64. The zero-order valence-corrected chi connectivity index (χ0v) is 15.1. The summed E-state index contributed by atoms with van der Waals surface area (Å²) < 4.78 is 15.2. The predicted molar refractivity (Wildman–Crippen MR) is 104 cm³/mol. The minimum Gasteiger partial charge on any atom is -0.352 e. The molecule has 130 valence electrons. The minimum absolute atomic E-state index is 0.631. The van der Waals surface area contributed by atoms with Crippen molar-refractivity contribution in [3.05, 3.63) is 89.1 Å². The number of dihydropyridines is 1. The summed E-state index contributed by atoms with van der Waals surface area (Å²) in [5.74, 6) is -1.64. The molecule has 0 spiro atoms. The standard InChI is InChI=1S/C23H26FN/c1-3-5-6-19-7-11-20(12-8-19)21-15-16-23(24,25-17-21)22-13-9-18(4-2)10-14-22/h7-17,25H,3-6H2,1-2H3. The van der Waals surface area contributed by atoms with E-state index in [1.807, 2.05) is 30.3 Å². The number of hydrogen-bond acceptors (Lipinski definition) is 1. The fourth-order valence-corrected chi connectivity index (χ4v) is 3.07. The molecule has 25 heavy (non-hydrogen) atoms. The highest BCUT2D eigenvalue weighted by Gasteiger charge is 2.29. The van der Waals surface area contributed by atoms with E-state index < -0.39 is 5.79 Å². The summed E-state index contributed by atoms with van der Waals surface area (Å²) in [6.45, 7) is 4.30. The van der Waals surface area contributed by atoms with Gasteiger partial charge in [0.15, 0.2) is 0 Å². The van der Waals surface area contributed by atoms with Crippen molar-refractivity contribution in [1.82, 2.24) is 5.32 Å². The van der Waals surface area contributed by atoms with E-state index in [-0.39, 0.29) is 0 Å². The van der Waals surface area contributed by atoms with Crippen molar-refractivity contribution in [3.8, 4) is 0 Å². The van der Waals surface area contributed by atoms with Crippen LogP contribution in [-0.4, -0.2) is 0 Å². The Morgan fingerprint density at radius 1 is 0.920 bits per heavy atom. The first-order valence-corrected chi connectivity index (χ1v) is 9.19. The average molecular weight is 335 g/mol. The van der Waals surface area contributed by atoms with Gasteiger partial charge in [0.1, 0.15) is 0 Å². The number of allylic oxidation sites excluding steroid dienone is 2. The van der Waals surface area contributed by atoms with Gasteiger partial charge in [0.05, 0.1) is 0 Å². The van der Waals surface area contributed by atoms with Gasteiger partial charge < -0.3 is 5.32 Å². The number of hydrogen-bond donors (Lipinski definition) is 1. The first-order chi connectivity index (χ1) is 12.1. The van der Waals surface area contributed by atoms with Crippen LogP contribution in [0.5, 0.6) is 0 Å². The number of aryl methyl sites for hydroxylation is 2. The summed E-state index contributed by atoms with van der Waals surface area (Å²) in [4.78, 5) is 0. The van der Waals surface area contributed by atoms with Gasteiger partial charge in [-0.3, -0.25) is 0 Å². The maximum absolute atomic E-state index is 15.2. The highest BCUT2D eigenvalue weighted by Crippen LogP contribution is 2.31. The van der Waals surface area contributed by atoms with Crippen molar-refractivity contribution in [3.63, 3.8) is 0 Å². The SMILES string of the molecule is CCCCc1ccc(C2=CNC(F)(c3ccc(CC)cc3)C=C2)cc1. The van der Waals surface area contributed by atoms with Crippen molar-refractivity contribution < 1.29 is 4.39 Å². The second kappa shape index (κ2) is 7.69. The molecule has 1 N–H and O–H groups in total. The van der Waals surface area contributed by atoms with Crippen LogP contribution in [0.15, 0.2) is 66.9 Å². The maximum Gasteiger partial charge on any atom is 0.225 e. The van der Waals surface area contributed by atoms with E-state index in [2.05, 4.69) is 43.4 Å². The Labute approximate surface area is 150 Å². The average Bonchev–Trinajstić information content (AvgIpc) is 2.67. The summed E-state index contributed by atoms with van der Waals surface area (Å²) in [6.07, 6.45) is 9.74. The van der Waals surface area contributed by atoms with Crippen molar-refractivity contribution in [2.45, 2.75) is 45.3 Å². The van der Waals surface area contributed by atoms with E-state index in [0.717, 1.165) is 24.0 Å². The molecule has 1 unspecified atom stereocenters. The van der Waals surface area contributed by atoms with E-state index in [0.29, 0.717) is 5.56 Å². The van der Waals surface area contributed by atoms with Gasteiger partial charge in [0.25, 0.3) is 0 Å². The zero-order chi connectivity index (χ0) is 17.7. The summed E-state index contributed by atoms with van der Waals surface area (Å²) in [7, 11) is 0. The Bertz CT molecular complexity index is 756. The first-order valence-electron chi connectivity index (χ1n) is 9.19. The monoisotopic (exact) mass is 335 g/mol. The number of halogens is 1. The van der Waals surface area contributed by atoms with E-state index in [9.17, 15) is 0 Å². The molecule has 0 fully saturated rings. The highest BCUT2D eigenvalue weighted by molar-refractivity contribution is 5.75. The van der Waals surface area contributed by atoms with Gasteiger partial charge >= 0.3 is 0 Å². The van der Waals surface area contributed by atoms with Crippen molar-refractivity contribution in [2.75, 3.05) is 0 Å². The van der Waals surface area contributed by atoms with Crippen LogP contribution in [0.3, 0.4) is 0 Å². The third-order valence-electron chi connectivity index (χ3n) is 4.82. The Morgan fingerprint density at radius 3 is 2.16 bits per heavy atom. The molecular weight excluding hydrogens is 309 g/mol. The third-order valence-corrected chi connectivity index (χ3v) is 4.82. The molecule has 3 rings (SSSR count). The van der Waals surface area contributed by atoms with Crippen LogP contribution in [0, 0.1) is 0 Å². The van der Waals surface area contributed by atoms with Gasteiger partial charge in [-0.1, -0.05) is 74.9 Å². The molecule has 0 amide bonds. The zero-order valence-electron chi connectivity index (χ0n) is 15.1. The summed E-state index contributed by atoms with van der Waals surface area (Å²) in [5, 5.41) is 2.93. The Kier molecular flexibility index (Phi) is 5.37. The van der Waals surface area contributed by atoms with E-state index in [1.165, 1.54) is 24.0 Å². The Morgan fingerprint density at radius 2 is 1.60 bits per heavy atom. The highest BCUT2D eigenvalue weighted by atomic mass is 19.1. The van der Waals surface area contributed by atoms with E-state index in [4.69, 9.17) is 0 Å². The number of nitrogens with one attached hydrogen (secondary N) is 1. The minimum atomic E-state index is -1.64. The molecule has 2 aromatic carbocycles. The summed E-state index contributed by atoms with van der Waals surface area (Å²) in [6, 6.07) is 16.3. The topological polar surface area (TPSA) is 12.0 Å². The molecule has 0 bridgehead atoms. The van der Waals surface area contributed by atoms with Gasteiger partial charge in [-0.15, -0.1) is 0 Å². The molecule has 1 aliphatic rings. The molecule has 0 radical (unpaired) electrons. The van der Waals surface area contributed by atoms with Crippen molar-refractivity contribution in [2.24, 2.45) is 0 Å². The molecule has 1 atom stereocenters. The van der Waals surface area contributed by atoms with Crippen LogP contribution in [0.4, 0.5) is 4.39 Å². The van der Waals surface area contributed by atoms with Gasteiger partial charge in [-0.05, 0) is 47.6 Å². The molecule has 2 aromatic rings. The summed E-state index contributed by atoms with van der Waals surface area (Å²) >= 11 is 0. The van der Waals surface area contributed by atoms with E-state index >= 15 is 4.39 Å². The molecule has 2 heteroatoms. The lowest BCUT2D eigenvalue weighted by Gasteiger charge is -2.26. The van der Waals surface area contributed by atoms with Gasteiger partial charge in [0.2, 0.25) is 5.79 Å². The van der Waals surface area contributed by atoms with Crippen LogP contribution in [0.25, 0.3) is 5.57 Å². The second-order valence-corrected chi connectivity index (χ2v) is 6.64. The largest absolute Gasteiger partial charge is 0.352 e. The predicted octanol–water partition coefficient (Wildman–Crippen LogP) is 5.91. The third kappa shape index (κ3) is 4.01. The molecule has 0 saturated carbocycles. The molecule has 0 aliphatic carbocycles. The van der Waals surface area contributed by atoms with Crippen molar-refractivity contribution >= 4 is 5.57 Å². The van der Waals surface area contributed by atoms with Crippen molar-refractivity contribution in [1.29, 1.82) is 0 Å². The lowest BCUT2D eigenvalue weighted by Crippen LogP contribution is -2.34. The number of benzene rings is 2. The van der Waals surface area contributed by atoms with Crippen LogP contribution in [0.1, 0.15) is 48.9 Å². The Hall–Kier alpha value is -2.35. The van der Waals surface area contributed by atoms with Gasteiger partial charge in [0, 0.05) is 11.8 Å². The van der Waals surface area contributed by atoms with Crippen LogP contribution < -0.4 is 5.32 Å². The Balaban J connectivity index is 1.72. The summed E-state index contributed by atoms with van der Waals surface area (Å²) in [5.41, 5.74) is 5.31. The smallest absolute Gasteiger partial charge is 0.225 e. The van der Waals surface area contributed by atoms with Crippen LogP contribution in [0.2, 0.25) is 0 Å². The number of alkyl halides is 1. The molecule has 0 saturated heterocycles. The maximum atomic E-state index is 15.2. The normalized spacial score (nSPS) is 19.4. The lowest BCUT2D eigenvalue weighted by atomic mass is 9.95. The molecule has 0 aromatic heterocycles. The first kappa shape index (κ1) is 17.5. The van der Waals surface area contributed by atoms with Crippen LogP contribution in [-0.2, 0) is 18.6 Å². The quantitative estimate of drug-likeness (QED) is 0.647. The fraction of sp³-hybridized carbons (Fsp3) is 0.304. The fourth-order valence-electron chi connectivity index (χ4n) is 3.07. The van der Waals surface area contributed by atoms with Gasteiger partial charge in [-0.2, -0.15) is 0 Å². The molecular formula is C23H26FN. The van der Waals surface area contributed by atoms with E-state index in [1.54, 1.807) is 12.3 Å². The van der Waals surface area contributed by atoms with Crippen LogP contribution >= 0.6 is 0 Å². The number of rotatable bonds is 6.